The van der Waals surface area contributed by atoms with Crippen molar-refractivity contribution in [1.82, 2.24) is 19.7 Å². The molecule has 2 fully saturated rings. The smallest absolute Gasteiger partial charge is 0.352 e. The van der Waals surface area contributed by atoms with E-state index in [4.69, 9.17) is 0 Å². The van der Waals surface area contributed by atoms with Gasteiger partial charge in [0.25, 0.3) is 5.91 Å². The number of alkyl halides is 2. The number of carbonyl (C=O) groups is 1. The lowest BCUT2D eigenvalue weighted by atomic mass is 9.74. The summed E-state index contributed by atoms with van der Waals surface area (Å²) in [5, 5.41) is 18.0. The van der Waals surface area contributed by atoms with Crippen LogP contribution in [-0.2, 0) is 4.79 Å². The Bertz CT molecular complexity index is 613. The molecule has 1 aromatic rings. The summed E-state index contributed by atoms with van der Waals surface area (Å²) < 4.78 is 30.8. The molecule has 1 amide bonds. The molecule has 3 rings (SSSR count). The van der Waals surface area contributed by atoms with Crippen LogP contribution >= 0.6 is 0 Å². The zero-order valence-electron chi connectivity index (χ0n) is 14.1. The van der Waals surface area contributed by atoms with Crippen molar-refractivity contribution in [2.75, 3.05) is 13.1 Å². The van der Waals surface area contributed by atoms with Crippen molar-refractivity contribution in [2.45, 2.75) is 69.4 Å². The Labute approximate surface area is 139 Å². The van der Waals surface area contributed by atoms with Crippen molar-refractivity contribution in [2.24, 2.45) is 0 Å². The molecule has 8 heteroatoms. The van der Waals surface area contributed by atoms with E-state index >= 15 is 0 Å². The molecule has 2 heterocycles. The van der Waals surface area contributed by atoms with Gasteiger partial charge in [-0.2, -0.15) is 8.78 Å². The van der Waals surface area contributed by atoms with Crippen LogP contribution in [0.25, 0.3) is 0 Å². The minimum atomic E-state index is -3.72. The van der Waals surface area contributed by atoms with Gasteiger partial charge in [0, 0.05) is 25.0 Å². The highest BCUT2D eigenvalue weighted by Gasteiger charge is 2.62. The van der Waals surface area contributed by atoms with Crippen molar-refractivity contribution >= 4 is 5.91 Å². The van der Waals surface area contributed by atoms with Gasteiger partial charge in [0.2, 0.25) is 0 Å². The Balaban J connectivity index is 1.76. The molecule has 1 saturated heterocycles. The fourth-order valence-electron chi connectivity index (χ4n) is 3.54. The maximum atomic E-state index is 14.4. The number of halogens is 2. The van der Waals surface area contributed by atoms with E-state index in [2.05, 4.69) is 10.2 Å². The summed E-state index contributed by atoms with van der Waals surface area (Å²) >= 11 is 0. The van der Waals surface area contributed by atoms with Crippen molar-refractivity contribution < 1.29 is 18.7 Å². The first-order valence-electron chi connectivity index (χ1n) is 8.55. The van der Waals surface area contributed by atoms with Gasteiger partial charge in [-0.1, -0.05) is 0 Å². The molecular formula is C16H24F2N4O2. The number of nitrogens with zero attached hydrogens (tertiary/aromatic N) is 4. The summed E-state index contributed by atoms with van der Waals surface area (Å²) in [5.41, 5.74) is -2.17. The Morgan fingerprint density at radius 3 is 2.71 bits per heavy atom. The van der Waals surface area contributed by atoms with E-state index in [1.54, 1.807) is 6.33 Å². The van der Waals surface area contributed by atoms with Gasteiger partial charge in [-0.15, -0.1) is 10.2 Å². The van der Waals surface area contributed by atoms with Crippen molar-refractivity contribution in [3.8, 4) is 0 Å². The average molecular weight is 342 g/mol. The molecule has 1 aliphatic heterocycles. The molecule has 1 unspecified atom stereocenters. The van der Waals surface area contributed by atoms with Gasteiger partial charge in [0.15, 0.2) is 0 Å². The van der Waals surface area contributed by atoms with Gasteiger partial charge >= 0.3 is 5.92 Å². The summed E-state index contributed by atoms with van der Waals surface area (Å²) in [7, 11) is 0. The highest BCUT2D eigenvalue weighted by molar-refractivity contribution is 5.85. The third-order valence-electron chi connectivity index (χ3n) is 5.26. The number of hydrogen-bond acceptors (Lipinski definition) is 4. The van der Waals surface area contributed by atoms with Gasteiger partial charge < -0.3 is 14.6 Å². The highest BCUT2D eigenvalue weighted by Crippen LogP contribution is 2.45. The third-order valence-corrected chi connectivity index (χ3v) is 5.26. The number of amides is 1. The van der Waals surface area contributed by atoms with Crippen LogP contribution in [0, 0.1) is 0 Å². The molecule has 0 bridgehead atoms. The molecule has 6 nitrogen and oxygen atoms in total. The second-order valence-corrected chi connectivity index (χ2v) is 7.24. The Morgan fingerprint density at radius 1 is 1.42 bits per heavy atom. The molecule has 1 aliphatic carbocycles. The summed E-state index contributed by atoms with van der Waals surface area (Å²) in [6.07, 6.45) is 3.53. The lowest BCUT2D eigenvalue weighted by molar-refractivity contribution is -0.224. The quantitative estimate of drug-likeness (QED) is 0.910. The largest absolute Gasteiger partial charge is 0.383 e. The second kappa shape index (κ2) is 6.06. The minimum absolute atomic E-state index is 0.0231. The fraction of sp³-hybridized carbons (Fsp3) is 0.812. The van der Waals surface area contributed by atoms with Gasteiger partial charge in [-0.3, -0.25) is 4.79 Å². The van der Waals surface area contributed by atoms with Crippen LogP contribution in [0.15, 0.2) is 6.33 Å². The van der Waals surface area contributed by atoms with Crippen LogP contribution in [-0.4, -0.2) is 55.3 Å². The maximum Gasteiger partial charge on any atom is 0.352 e. The van der Waals surface area contributed by atoms with Gasteiger partial charge in [0.05, 0.1) is 0 Å². The Kier molecular flexibility index (Phi) is 4.36. The second-order valence-electron chi connectivity index (χ2n) is 7.24. The molecule has 1 atom stereocenters. The predicted molar refractivity (Wildman–Crippen MR) is 82.7 cm³/mol. The zero-order chi connectivity index (χ0) is 17.5. The van der Waals surface area contributed by atoms with E-state index in [1.807, 2.05) is 18.4 Å². The highest BCUT2D eigenvalue weighted by atomic mass is 19.3. The summed E-state index contributed by atoms with van der Waals surface area (Å²) in [6, 6.07) is 0.165. The van der Waals surface area contributed by atoms with Crippen LogP contribution in [0.1, 0.15) is 63.7 Å². The molecule has 0 radical (unpaired) electrons. The van der Waals surface area contributed by atoms with Gasteiger partial charge in [-0.05, 0) is 46.0 Å². The predicted octanol–water partition coefficient (Wildman–Crippen LogP) is 2.12. The number of rotatable bonds is 4. The van der Waals surface area contributed by atoms with Crippen molar-refractivity contribution in [3.05, 3.63) is 12.2 Å². The van der Waals surface area contributed by atoms with E-state index in [-0.39, 0.29) is 37.9 Å². The van der Waals surface area contributed by atoms with E-state index in [9.17, 15) is 18.7 Å². The maximum absolute atomic E-state index is 14.4. The SMILES string of the molecule is CC(C)n1cnnc1C1CCCN(C(=O)C(F)(F)C2(O)CCC2)C1. The first-order chi connectivity index (χ1) is 11.3. The van der Waals surface area contributed by atoms with E-state index in [1.165, 1.54) is 4.90 Å². The summed E-state index contributed by atoms with van der Waals surface area (Å²) in [6.45, 7) is 4.48. The molecule has 2 aliphatic rings. The molecule has 134 valence electrons. The van der Waals surface area contributed by atoms with Crippen LogP contribution in [0.4, 0.5) is 8.78 Å². The average Bonchev–Trinajstić information content (AvgIpc) is 3.01. The molecule has 1 N–H and O–H groups in total. The third kappa shape index (κ3) is 2.70. The molecule has 0 aromatic carbocycles. The summed E-state index contributed by atoms with van der Waals surface area (Å²) in [4.78, 5) is 13.6. The first-order valence-corrected chi connectivity index (χ1v) is 8.55. The fourth-order valence-corrected chi connectivity index (χ4v) is 3.54. The number of aromatic nitrogens is 3. The molecule has 0 spiro atoms. The lowest BCUT2D eigenvalue weighted by Gasteiger charge is -2.44. The molecular weight excluding hydrogens is 318 g/mol. The van der Waals surface area contributed by atoms with Crippen molar-refractivity contribution in [3.63, 3.8) is 0 Å². The monoisotopic (exact) mass is 342 g/mol. The molecule has 1 aromatic heterocycles. The Hall–Kier alpha value is -1.57. The van der Waals surface area contributed by atoms with Crippen LogP contribution in [0.2, 0.25) is 0 Å². The lowest BCUT2D eigenvalue weighted by Crippen LogP contribution is -2.62. The number of piperidine rings is 1. The first kappa shape index (κ1) is 17.3. The zero-order valence-corrected chi connectivity index (χ0v) is 14.1. The standard InChI is InChI=1S/C16H24F2N4O2/c1-11(2)22-10-19-20-13(22)12-5-3-8-21(9-12)14(23)16(17,18)15(24)6-4-7-15/h10-12,24H,3-9H2,1-2H3. The summed E-state index contributed by atoms with van der Waals surface area (Å²) in [5.74, 6) is -4.36. The van der Waals surface area contributed by atoms with Crippen LogP contribution in [0.5, 0.6) is 0 Å². The van der Waals surface area contributed by atoms with Gasteiger partial charge in [0.1, 0.15) is 17.8 Å². The minimum Gasteiger partial charge on any atom is -0.383 e. The number of hydrogen-bond donors (Lipinski definition) is 1. The number of carbonyl (C=O) groups excluding carboxylic acids is 1. The van der Waals surface area contributed by atoms with Gasteiger partial charge in [-0.25, -0.2) is 0 Å². The van der Waals surface area contributed by atoms with E-state index in [0.29, 0.717) is 12.8 Å². The topological polar surface area (TPSA) is 71.2 Å². The van der Waals surface area contributed by atoms with Crippen LogP contribution in [0.3, 0.4) is 0 Å². The number of likely N-dealkylation sites (tertiary alicyclic amines) is 1. The van der Waals surface area contributed by atoms with Crippen LogP contribution < -0.4 is 0 Å². The van der Waals surface area contributed by atoms with E-state index < -0.39 is 17.4 Å². The van der Waals surface area contributed by atoms with Crippen molar-refractivity contribution in [1.29, 1.82) is 0 Å². The Morgan fingerprint density at radius 2 is 2.12 bits per heavy atom. The normalized spacial score (nSPS) is 24.1. The molecule has 1 saturated carbocycles. The number of aliphatic hydroxyl groups is 1. The van der Waals surface area contributed by atoms with E-state index in [0.717, 1.165) is 12.2 Å². The molecule has 24 heavy (non-hydrogen) atoms.